The lowest BCUT2D eigenvalue weighted by Gasteiger charge is -2.20. The van der Waals surface area contributed by atoms with E-state index in [9.17, 15) is 0 Å². The van der Waals surface area contributed by atoms with Crippen molar-refractivity contribution in [3.63, 3.8) is 0 Å². The molecule has 46 heavy (non-hydrogen) atoms. The molecule has 6 aromatic carbocycles. The Kier molecular flexibility index (Phi) is 6.20. The minimum absolute atomic E-state index is 0.659. The summed E-state index contributed by atoms with van der Waals surface area (Å²) in [6, 6.07) is 53.0. The van der Waals surface area contributed by atoms with E-state index in [1.165, 1.54) is 33.2 Å². The van der Waals surface area contributed by atoms with E-state index < -0.39 is 0 Å². The van der Waals surface area contributed by atoms with Crippen LogP contribution in [0.25, 0.3) is 61.7 Å². The summed E-state index contributed by atoms with van der Waals surface area (Å²) in [5.41, 5.74) is 10.2. The van der Waals surface area contributed by atoms with Gasteiger partial charge in [-0.3, -0.25) is 0 Å². The molecule has 0 spiro atoms. The van der Waals surface area contributed by atoms with Crippen molar-refractivity contribution in [2.75, 3.05) is 11.4 Å². The molecule has 0 aliphatic carbocycles. The molecular formula is C41H29N5. The number of hydrogen-bond acceptors (Lipinski definition) is 4. The highest BCUT2D eigenvalue weighted by Gasteiger charge is 2.24. The molecule has 1 aliphatic rings. The molecule has 0 bridgehead atoms. The van der Waals surface area contributed by atoms with Crippen LogP contribution in [0.3, 0.4) is 0 Å². The number of nitrogens with zero attached hydrogens (tertiary/aromatic N) is 5. The van der Waals surface area contributed by atoms with E-state index >= 15 is 0 Å². The normalized spacial score (nSPS) is 12.6. The minimum Gasteiger partial charge on any atom is -0.341 e. The molecule has 218 valence electrons. The van der Waals surface area contributed by atoms with Gasteiger partial charge in [-0.05, 0) is 66.6 Å². The van der Waals surface area contributed by atoms with E-state index in [0.29, 0.717) is 17.5 Å². The summed E-state index contributed by atoms with van der Waals surface area (Å²) in [6.07, 6.45) is 1.01. The van der Waals surface area contributed by atoms with Crippen LogP contribution in [0.1, 0.15) is 5.56 Å². The van der Waals surface area contributed by atoms with Crippen LogP contribution in [-0.2, 0) is 6.42 Å². The molecule has 0 unspecified atom stereocenters. The maximum absolute atomic E-state index is 5.02. The number of fused-ring (bicyclic) bond motifs is 4. The highest BCUT2D eigenvalue weighted by Crippen LogP contribution is 2.42. The second-order valence-electron chi connectivity index (χ2n) is 11.7. The zero-order valence-corrected chi connectivity index (χ0v) is 25.1. The largest absolute Gasteiger partial charge is 0.341 e. The first-order valence-corrected chi connectivity index (χ1v) is 15.7. The second kappa shape index (κ2) is 10.8. The minimum atomic E-state index is 0.659. The Hall–Kier alpha value is -6.07. The highest BCUT2D eigenvalue weighted by atomic mass is 15.2. The molecule has 0 atom stereocenters. The van der Waals surface area contributed by atoms with Gasteiger partial charge in [0.25, 0.3) is 0 Å². The first kappa shape index (κ1) is 26.3. The Balaban J connectivity index is 1.27. The number of para-hydroxylation sites is 2. The lowest BCUT2D eigenvalue weighted by atomic mass is 10.0. The van der Waals surface area contributed by atoms with Crippen LogP contribution < -0.4 is 4.90 Å². The molecule has 2 aromatic heterocycles. The third-order valence-corrected chi connectivity index (χ3v) is 8.90. The van der Waals surface area contributed by atoms with Crippen LogP contribution in [-0.4, -0.2) is 26.1 Å². The Morgan fingerprint density at radius 2 is 0.957 bits per heavy atom. The average molecular weight is 592 g/mol. The van der Waals surface area contributed by atoms with Gasteiger partial charge in [-0.2, -0.15) is 0 Å². The molecule has 3 heterocycles. The molecule has 0 radical (unpaired) electrons. The lowest BCUT2D eigenvalue weighted by molar-refractivity contribution is 0.999. The summed E-state index contributed by atoms with van der Waals surface area (Å²) in [4.78, 5) is 17.4. The number of benzene rings is 6. The molecule has 0 saturated heterocycles. The molecule has 0 N–H and O–H groups in total. The standard InChI is InChI=1S/C41H29N5/c1-5-13-28(14-6-1)39-42-40(29-15-7-2-8-16-29)44-41(43-39)31-21-22-36-34(26-31)35-25-30-23-24-45(32-17-9-3-10-18-32)37(30)27-38(35)46(36)33-19-11-4-12-20-33/h1-22,25-27H,23-24H2. The van der Waals surface area contributed by atoms with Crippen LogP contribution >= 0.6 is 0 Å². The third-order valence-electron chi connectivity index (χ3n) is 8.90. The Bertz CT molecular complexity index is 2290. The fourth-order valence-electron chi connectivity index (χ4n) is 6.71. The van der Waals surface area contributed by atoms with Gasteiger partial charge in [-0.1, -0.05) is 97.1 Å². The third kappa shape index (κ3) is 4.44. The van der Waals surface area contributed by atoms with Crippen molar-refractivity contribution in [2.24, 2.45) is 0 Å². The average Bonchev–Trinajstić information content (AvgIpc) is 3.70. The first-order valence-electron chi connectivity index (χ1n) is 15.7. The Morgan fingerprint density at radius 1 is 0.435 bits per heavy atom. The predicted octanol–water partition coefficient (Wildman–Crippen LogP) is 9.66. The highest BCUT2D eigenvalue weighted by molar-refractivity contribution is 6.12. The van der Waals surface area contributed by atoms with Crippen molar-refractivity contribution < 1.29 is 0 Å². The van der Waals surface area contributed by atoms with Gasteiger partial charge in [-0.15, -0.1) is 0 Å². The van der Waals surface area contributed by atoms with Gasteiger partial charge in [-0.25, -0.2) is 15.0 Å². The van der Waals surface area contributed by atoms with Crippen molar-refractivity contribution in [3.8, 4) is 39.9 Å². The van der Waals surface area contributed by atoms with E-state index in [-0.39, 0.29) is 0 Å². The monoisotopic (exact) mass is 591 g/mol. The Labute approximate surface area is 267 Å². The number of rotatable bonds is 5. The van der Waals surface area contributed by atoms with Gasteiger partial charge in [0.1, 0.15) is 0 Å². The summed E-state index contributed by atoms with van der Waals surface area (Å²) in [7, 11) is 0. The second-order valence-corrected chi connectivity index (χ2v) is 11.7. The molecular weight excluding hydrogens is 562 g/mol. The van der Waals surface area contributed by atoms with Crippen molar-refractivity contribution in [2.45, 2.75) is 6.42 Å². The topological polar surface area (TPSA) is 46.8 Å². The van der Waals surface area contributed by atoms with Crippen molar-refractivity contribution in [1.29, 1.82) is 0 Å². The first-order chi connectivity index (χ1) is 22.8. The summed E-state index contributed by atoms with van der Waals surface area (Å²) in [5, 5.41) is 2.41. The van der Waals surface area contributed by atoms with Crippen molar-refractivity contribution in [3.05, 3.63) is 157 Å². The quantitative estimate of drug-likeness (QED) is 0.200. The number of hydrogen-bond donors (Lipinski definition) is 0. The van der Waals surface area contributed by atoms with E-state index in [4.69, 9.17) is 15.0 Å². The molecule has 8 aromatic rings. The molecule has 0 fully saturated rings. The van der Waals surface area contributed by atoms with Crippen LogP contribution in [0, 0.1) is 0 Å². The molecule has 0 saturated carbocycles. The van der Waals surface area contributed by atoms with Gasteiger partial charge in [0, 0.05) is 51.1 Å². The molecule has 1 aliphatic heterocycles. The Morgan fingerprint density at radius 3 is 1.57 bits per heavy atom. The molecule has 0 amide bonds. The predicted molar refractivity (Wildman–Crippen MR) is 188 cm³/mol. The smallest absolute Gasteiger partial charge is 0.164 e. The van der Waals surface area contributed by atoms with Crippen LogP contribution in [0.15, 0.2) is 152 Å². The lowest BCUT2D eigenvalue weighted by Crippen LogP contribution is -2.12. The van der Waals surface area contributed by atoms with Gasteiger partial charge < -0.3 is 9.47 Å². The maximum atomic E-state index is 5.02. The number of aromatic nitrogens is 4. The van der Waals surface area contributed by atoms with Gasteiger partial charge in [0.15, 0.2) is 17.5 Å². The van der Waals surface area contributed by atoms with Gasteiger partial charge in [0.05, 0.1) is 11.0 Å². The fourth-order valence-corrected chi connectivity index (χ4v) is 6.71. The van der Waals surface area contributed by atoms with Crippen molar-refractivity contribution in [1.82, 2.24) is 19.5 Å². The van der Waals surface area contributed by atoms with Crippen LogP contribution in [0.4, 0.5) is 11.4 Å². The van der Waals surface area contributed by atoms with Gasteiger partial charge in [0.2, 0.25) is 0 Å². The SMILES string of the molecule is c1ccc(-c2nc(-c3ccccc3)nc(-c3ccc4c(c3)c3cc5c(cc3n4-c3ccccc3)N(c3ccccc3)CC5)n2)cc1. The maximum Gasteiger partial charge on any atom is 0.164 e. The van der Waals surface area contributed by atoms with Crippen LogP contribution in [0.5, 0.6) is 0 Å². The summed E-state index contributed by atoms with van der Waals surface area (Å²) < 4.78 is 2.38. The molecule has 5 nitrogen and oxygen atoms in total. The van der Waals surface area contributed by atoms with E-state index in [1.807, 2.05) is 60.7 Å². The van der Waals surface area contributed by atoms with E-state index in [1.54, 1.807) is 0 Å². The fraction of sp³-hybridized carbons (Fsp3) is 0.0488. The molecule has 5 heteroatoms. The summed E-state index contributed by atoms with van der Waals surface area (Å²) in [5.74, 6) is 1.98. The van der Waals surface area contributed by atoms with Gasteiger partial charge >= 0.3 is 0 Å². The number of anilines is 2. The van der Waals surface area contributed by atoms with E-state index in [0.717, 1.165) is 40.9 Å². The van der Waals surface area contributed by atoms with Crippen LogP contribution in [0.2, 0.25) is 0 Å². The molecule has 9 rings (SSSR count). The summed E-state index contributed by atoms with van der Waals surface area (Å²) in [6.45, 7) is 0.968. The summed E-state index contributed by atoms with van der Waals surface area (Å²) >= 11 is 0. The van der Waals surface area contributed by atoms with Crippen molar-refractivity contribution >= 4 is 33.2 Å². The zero-order chi connectivity index (χ0) is 30.5. The zero-order valence-electron chi connectivity index (χ0n) is 25.1. The van der Waals surface area contributed by atoms with E-state index in [2.05, 4.69) is 100 Å².